The number of benzene rings is 2. The summed E-state index contributed by atoms with van der Waals surface area (Å²) in [6.45, 7) is 6.89. The quantitative estimate of drug-likeness (QED) is 0.784. The van der Waals surface area contributed by atoms with E-state index in [1.807, 2.05) is 31.2 Å². The number of nitrogen functional groups attached to an aromatic ring is 1. The molecule has 0 heterocycles. The molecular weight excluding hydrogens is 288 g/mol. The predicted octanol–water partition coefficient (Wildman–Crippen LogP) is 4.25. The molecule has 4 heteroatoms. The molecule has 4 nitrogen and oxygen atoms in total. The minimum Gasteiger partial charge on any atom is -0.494 e. The van der Waals surface area contributed by atoms with Gasteiger partial charge in [0, 0.05) is 16.9 Å². The van der Waals surface area contributed by atoms with Crippen LogP contribution in [0.25, 0.3) is 0 Å². The molecule has 0 bridgehead atoms. The number of hydrogen-bond donors (Lipinski definition) is 2. The van der Waals surface area contributed by atoms with E-state index in [9.17, 15) is 4.79 Å². The number of amides is 1. The summed E-state index contributed by atoms with van der Waals surface area (Å²) in [6.07, 6.45) is 0.985. The third-order valence-electron chi connectivity index (χ3n) is 3.57. The van der Waals surface area contributed by atoms with Gasteiger partial charge in [0.25, 0.3) is 5.91 Å². The number of ether oxygens (including phenoxy) is 1. The topological polar surface area (TPSA) is 64.3 Å². The Hall–Kier alpha value is -2.49. The summed E-state index contributed by atoms with van der Waals surface area (Å²) in [5, 5.41) is 2.89. The Balaban J connectivity index is 2.06. The Morgan fingerprint density at radius 3 is 2.74 bits per heavy atom. The number of aryl methyl sites for hydroxylation is 1. The van der Waals surface area contributed by atoms with Crippen LogP contribution in [0, 0.1) is 12.8 Å². The molecule has 0 aliphatic rings. The van der Waals surface area contributed by atoms with Crippen molar-refractivity contribution in [1.29, 1.82) is 0 Å². The smallest absolute Gasteiger partial charge is 0.255 e. The lowest BCUT2D eigenvalue weighted by atomic mass is 10.1. The van der Waals surface area contributed by atoms with Crippen molar-refractivity contribution in [3.8, 4) is 5.75 Å². The van der Waals surface area contributed by atoms with Crippen LogP contribution in [0.4, 0.5) is 11.4 Å². The largest absolute Gasteiger partial charge is 0.494 e. The Kier molecular flexibility index (Phi) is 5.63. The van der Waals surface area contributed by atoms with Gasteiger partial charge in [-0.25, -0.2) is 0 Å². The van der Waals surface area contributed by atoms with Crippen molar-refractivity contribution in [2.45, 2.75) is 27.2 Å². The molecule has 2 rings (SSSR count). The first-order chi connectivity index (χ1) is 11.0. The monoisotopic (exact) mass is 312 g/mol. The molecule has 0 spiro atoms. The Morgan fingerprint density at radius 2 is 2.00 bits per heavy atom. The molecule has 1 amide bonds. The van der Waals surface area contributed by atoms with Gasteiger partial charge in [-0.05, 0) is 55.2 Å². The maximum absolute atomic E-state index is 12.4. The van der Waals surface area contributed by atoms with Gasteiger partial charge in [-0.2, -0.15) is 0 Å². The van der Waals surface area contributed by atoms with Crippen LogP contribution in [0.2, 0.25) is 0 Å². The minimum atomic E-state index is -0.173. The van der Waals surface area contributed by atoms with Crippen molar-refractivity contribution in [2.75, 3.05) is 17.7 Å². The Morgan fingerprint density at radius 1 is 1.22 bits per heavy atom. The van der Waals surface area contributed by atoms with Crippen LogP contribution >= 0.6 is 0 Å². The lowest BCUT2D eigenvalue weighted by Crippen LogP contribution is -2.13. The molecule has 23 heavy (non-hydrogen) atoms. The first-order valence-corrected chi connectivity index (χ1v) is 7.86. The van der Waals surface area contributed by atoms with E-state index < -0.39 is 0 Å². The molecule has 3 N–H and O–H groups in total. The van der Waals surface area contributed by atoms with Gasteiger partial charge in [0.05, 0.1) is 6.61 Å². The zero-order chi connectivity index (χ0) is 16.8. The second-order valence-corrected chi connectivity index (χ2v) is 6.09. The number of carbonyl (C=O) groups excluding carboxylic acids is 1. The van der Waals surface area contributed by atoms with E-state index >= 15 is 0 Å². The maximum atomic E-state index is 12.4. The lowest BCUT2D eigenvalue weighted by molar-refractivity contribution is 0.102. The van der Waals surface area contributed by atoms with Gasteiger partial charge in [-0.1, -0.05) is 26.0 Å². The van der Waals surface area contributed by atoms with Gasteiger partial charge in [0.1, 0.15) is 5.75 Å². The number of hydrogen-bond acceptors (Lipinski definition) is 3. The van der Waals surface area contributed by atoms with Crippen molar-refractivity contribution in [1.82, 2.24) is 0 Å². The SMILES string of the molecule is Cc1ccc(N)cc1NC(=O)c1cccc(OCCC(C)C)c1. The number of rotatable bonds is 6. The van der Waals surface area contributed by atoms with Gasteiger partial charge in [-0.3, -0.25) is 4.79 Å². The Labute approximate surface area is 137 Å². The van der Waals surface area contributed by atoms with Crippen LogP contribution in [-0.4, -0.2) is 12.5 Å². The summed E-state index contributed by atoms with van der Waals surface area (Å²) in [7, 11) is 0. The summed E-state index contributed by atoms with van der Waals surface area (Å²) >= 11 is 0. The van der Waals surface area contributed by atoms with Gasteiger partial charge in [0.2, 0.25) is 0 Å². The van der Waals surface area contributed by atoms with Crippen molar-refractivity contribution >= 4 is 17.3 Å². The third kappa shape index (κ3) is 5.02. The second-order valence-electron chi connectivity index (χ2n) is 6.09. The van der Waals surface area contributed by atoms with Crippen LogP contribution in [-0.2, 0) is 0 Å². The van der Waals surface area contributed by atoms with Gasteiger partial charge >= 0.3 is 0 Å². The van der Waals surface area contributed by atoms with E-state index in [0.717, 1.165) is 17.7 Å². The second kappa shape index (κ2) is 7.68. The summed E-state index contributed by atoms with van der Waals surface area (Å²) in [6, 6.07) is 12.7. The maximum Gasteiger partial charge on any atom is 0.255 e. The van der Waals surface area contributed by atoms with Crippen LogP contribution < -0.4 is 15.8 Å². The van der Waals surface area contributed by atoms with E-state index in [4.69, 9.17) is 10.5 Å². The zero-order valence-corrected chi connectivity index (χ0v) is 13.9. The first-order valence-electron chi connectivity index (χ1n) is 7.86. The summed E-state index contributed by atoms with van der Waals surface area (Å²) < 4.78 is 5.70. The number of nitrogens with two attached hydrogens (primary N) is 1. The molecule has 0 aliphatic heterocycles. The summed E-state index contributed by atoms with van der Waals surface area (Å²) in [5.74, 6) is 1.13. The molecule has 0 aliphatic carbocycles. The predicted molar refractivity (Wildman–Crippen MR) is 94.9 cm³/mol. The number of nitrogens with one attached hydrogen (secondary N) is 1. The highest BCUT2D eigenvalue weighted by Gasteiger charge is 2.09. The fourth-order valence-corrected chi connectivity index (χ4v) is 2.11. The van der Waals surface area contributed by atoms with E-state index in [1.165, 1.54) is 0 Å². The third-order valence-corrected chi connectivity index (χ3v) is 3.57. The molecule has 0 saturated carbocycles. The Bertz CT molecular complexity index is 681. The van der Waals surface area contributed by atoms with Crippen molar-refractivity contribution in [3.63, 3.8) is 0 Å². The standard InChI is InChI=1S/C19H24N2O2/c1-13(2)9-10-23-17-6-4-5-15(11-17)19(22)21-18-12-16(20)8-7-14(18)3/h4-8,11-13H,9-10,20H2,1-3H3,(H,21,22). The lowest BCUT2D eigenvalue weighted by Gasteiger charge is -2.11. The van der Waals surface area contributed by atoms with E-state index in [1.54, 1.807) is 18.2 Å². The van der Waals surface area contributed by atoms with Crippen LogP contribution in [0.15, 0.2) is 42.5 Å². The van der Waals surface area contributed by atoms with Crippen molar-refractivity contribution in [2.24, 2.45) is 5.92 Å². The molecule has 122 valence electrons. The highest BCUT2D eigenvalue weighted by Crippen LogP contribution is 2.20. The average molecular weight is 312 g/mol. The highest BCUT2D eigenvalue weighted by molar-refractivity contribution is 6.05. The average Bonchev–Trinajstić information content (AvgIpc) is 2.51. The van der Waals surface area contributed by atoms with Crippen LogP contribution in [0.1, 0.15) is 36.2 Å². The zero-order valence-electron chi connectivity index (χ0n) is 13.9. The molecule has 2 aromatic rings. The van der Waals surface area contributed by atoms with E-state index in [-0.39, 0.29) is 5.91 Å². The summed E-state index contributed by atoms with van der Waals surface area (Å²) in [5.41, 5.74) is 8.65. The minimum absolute atomic E-state index is 0.173. The first kappa shape index (κ1) is 16.9. The normalized spacial score (nSPS) is 10.6. The number of carbonyl (C=O) groups is 1. The van der Waals surface area contributed by atoms with Crippen molar-refractivity contribution < 1.29 is 9.53 Å². The van der Waals surface area contributed by atoms with Gasteiger partial charge in [0.15, 0.2) is 0 Å². The molecular formula is C19H24N2O2. The molecule has 0 fully saturated rings. The van der Waals surface area contributed by atoms with Gasteiger partial charge in [-0.15, -0.1) is 0 Å². The van der Waals surface area contributed by atoms with Gasteiger partial charge < -0.3 is 15.8 Å². The van der Waals surface area contributed by atoms with E-state index in [2.05, 4.69) is 19.2 Å². The summed E-state index contributed by atoms with van der Waals surface area (Å²) in [4.78, 5) is 12.4. The number of anilines is 2. The van der Waals surface area contributed by atoms with E-state index in [0.29, 0.717) is 29.5 Å². The van der Waals surface area contributed by atoms with Crippen molar-refractivity contribution in [3.05, 3.63) is 53.6 Å². The molecule has 2 aromatic carbocycles. The molecule has 0 unspecified atom stereocenters. The molecule has 0 saturated heterocycles. The fourth-order valence-electron chi connectivity index (χ4n) is 2.11. The molecule has 0 radical (unpaired) electrons. The molecule has 0 aromatic heterocycles. The highest BCUT2D eigenvalue weighted by atomic mass is 16.5. The fraction of sp³-hybridized carbons (Fsp3) is 0.316. The van der Waals surface area contributed by atoms with Crippen LogP contribution in [0.5, 0.6) is 5.75 Å². The van der Waals surface area contributed by atoms with Crippen LogP contribution in [0.3, 0.4) is 0 Å². The molecule has 0 atom stereocenters.